The van der Waals surface area contributed by atoms with Crippen molar-refractivity contribution in [1.29, 1.82) is 0 Å². The lowest BCUT2D eigenvalue weighted by molar-refractivity contribution is -0.148. The Morgan fingerprint density at radius 3 is 1.77 bits per heavy atom. The van der Waals surface area contributed by atoms with Crippen molar-refractivity contribution in [3.63, 3.8) is 0 Å². The minimum Gasteiger partial charge on any atom is -0.469 e. The maximum absolute atomic E-state index is 13.8. The standard InChI is InChI=1S/C49H61N5O6/c1-28(2)38(25-43(55)59-5)47(56)53-21-7-9-41(53)39-23-34(26-50-39)30-11-13-31(14-12-30)36-19-20-37(45-33-17-15-32(16-18-33)44(36)45)35-24-40(51-27-35)42-10-8-22-54(42)48(57)46(29(3)4)52-49(58)60-6/h11-14,19-20,26-29,32-33,38,41-42,46H,7-10,15-18,21-25H2,1-6H3,(H,52,58)/t32?,33?,38-,41-,42-,46+/m0/s1. The molecule has 2 aromatic carbocycles. The van der Waals surface area contributed by atoms with Gasteiger partial charge in [-0.25, -0.2) is 4.79 Å². The molecule has 60 heavy (non-hydrogen) atoms. The minimum absolute atomic E-state index is 0.0252. The number of nitrogens with one attached hydrogen (secondary N) is 1. The predicted molar refractivity (Wildman–Crippen MR) is 234 cm³/mol. The fraction of sp³-hybridized carbons (Fsp3) is 0.551. The molecule has 318 valence electrons. The van der Waals surface area contributed by atoms with Crippen molar-refractivity contribution in [1.82, 2.24) is 15.1 Å². The summed E-state index contributed by atoms with van der Waals surface area (Å²) in [6.45, 7) is 9.21. The van der Waals surface area contributed by atoms with E-state index in [4.69, 9.17) is 19.5 Å². The number of rotatable bonds is 12. The Bertz CT molecular complexity index is 2140. The van der Waals surface area contributed by atoms with Gasteiger partial charge >= 0.3 is 12.1 Å². The summed E-state index contributed by atoms with van der Waals surface area (Å²) in [7, 11) is 2.69. The number of alkyl carbamates (subject to hydrolysis) is 1. The van der Waals surface area contributed by atoms with Gasteiger partial charge in [-0.3, -0.25) is 24.4 Å². The van der Waals surface area contributed by atoms with Crippen LogP contribution in [0, 0.1) is 17.8 Å². The van der Waals surface area contributed by atoms with Crippen LogP contribution in [0.5, 0.6) is 0 Å². The molecule has 2 bridgehead atoms. The van der Waals surface area contributed by atoms with Crippen molar-refractivity contribution in [2.75, 3.05) is 27.3 Å². The van der Waals surface area contributed by atoms with Crippen molar-refractivity contribution in [2.45, 2.75) is 128 Å². The van der Waals surface area contributed by atoms with Crippen LogP contribution < -0.4 is 5.32 Å². The molecular formula is C49H61N5O6. The van der Waals surface area contributed by atoms with Gasteiger partial charge in [0.05, 0.1) is 38.6 Å². The van der Waals surface area contributed by atoms with Crippen molar-refractivity contribution >= 4 is 46.4 Å². The molecule has 4 heterocycles. The zero-order chi connectivity index (χ0) is 42.2. The van der Waals surface area contributed by atoms with Crippen LogP contribution in [-0.2, 0) is 23.9 Å². The van der Waals surface area contributed by atoms with E-state index in [9.17, 15) is 19.2 Å². The van der Waals surface area contributed by atoms with Crippen molar-refractivity contribution in [3.8, 4) is 11.1 Å². The van der Waals surface area contributed by atoms with E-state index in [0.29, 0.717) is 31.3 Å². The first-order valence-corrected chi connectivity index (χ1v) is 22.3. The van der Waals surface area contributed by atoms with E-state index in [2.05, 4.69) is 41.7 Å². The fourth-order valence-electron chi connectivity index (χ4n) is 10.9. The molecule has 0 unspecified atom stereocenters. The lowest BCUT2D eigenvalue weighted by Crippen LogP contribution is -2.53. The van der Waals surface area contributed by atoms with Crippen molar-refractivity contribution in [2.24, 2.45) is 27.7 Å². The molecule has 0 aromatic heterocycles. The number of carbonyl (C=O) groups excluding carboxylic acids is 4. The second kappa shape index (κ2) is 17.5. The third-order valence-corrected chi connectivity index (χ3v) is 14.2. The molecular weight excluding hydrogens is 755 g/mol. The SMILES string of the molecule is COC(=O)C[C@H](C(=O)N1CCC[C@H]1C1=NC=C(c2ccc(-c3ccc(C4=CN=C([C@@H]5CCCN5C(=O)[C@H](NC(=O)OC)C(C)C)C4)c4c3C3CCC4CC3)cc2)C1)C(C)C. The van der Waals surface area contributed by atoms with E-state index in [1.54, 1.807) is 0 Å². The molecule has 4 atom stereocenters. The monoisotopic (exact) mass is 815 g/mol. The molecule has 1 saturated carbocycles. The molecule has 0 spiro atoms. The molecule has 3 amide bonds. The van der Waals surface area contributed by atoms with Crippen LogP contribution in [0.15, 0.2) is 58.8 Å². The molecule has 7 aliphatic rings. The van der Waals surface area contributed by atoms with Gasteiger partial charge in [-0.1, -0.05) is 64.1 Å². The lowest BCUT2D eigenvalue weighted by Gasteiger charge is -2.41. The normalized spacial score (nSPS) is 24.2. The van der Waals surface area contributed by atoms with E-state index < -0.39 is 18.1 Å². The molecule has 11 heteroatoms. The molecule has 4 aliphatic heterocycles. The molecule has 0 radical (unpaired) electrons. The quantitative estimate of drug-likeness (QED) is 0.214. The number of amides is 3. The number of hydrogen-bond acceptors (Lipinski definition) is 8. The highest BCUT2D eigenvalue weighted by Crippen LogP contribution is 2.55. The maximum atomic E-state index is 13.8. The summed E-state index contributed by atoms with van der Waals surface area (Å²) in [6, 6.07) is 12.8. The Kier molecular flexibility index (Phi) is 12.2. The molecule has 3 aliphatic carbocycles. The number of fused-ring (bicyclic) bond motifs is 2. The summed E-state index contributed by atoms with van der Waals surface area (Å²) < 4.78 is 9.75. The smallest absolute Gasteiger partial charge is 0.407 e. The average Bonchev–Trinajstić information content (AvgIpc) is 4.11. The van der Waals surface area contributed by atoms with Crippen LogP contribution in [-0.4, -0.2) is 90.5 Å². The molecule has 3 fully saturated rings. The third-order valence-electron chi connectivity index (χ3n) is 14.2. The Morgan fingerprint density at radius 2 is 1.20 bits per heavy atom. The van der Waals surface area contributed by atoms with Crippen LogP contribution in [0.3, 0.4) is 0 Å². The van der Waals surface area contributed by atoms with Crippen molar-refractivity contribution < 1.29 is 28.7 Å². The second-order valence-electron chi connectivity index (χ2n) is 18.4. The largest absolute Gasteiger partial charge is 0.469 e. The maximum Gasteiger partial charge on any atom is 0.407 e. The number of benzene rings is 2. The van der Waals surface area contributed by atoms with Crippen LogP contribution in [0.4, 0.5) is 4.79 Å². The summed E-state index contributed by atoms with van der Waals surface area (Å²) >= 11 is 0. The van der Waals surface area contributed by atoms with Gasteiger partial charge in [0, 0.05) is 49.8 Å². The van der Waals surface area contributed by atoms with Gasteiger partial charge in [0.15, 0.2) is 0 Å². The zero-order valence-electron chi connectivity index (χ0n) is 36.2. The number of ether oxygens (including phenoxy) is 2. The summed E-state index contributed by atoms with van der Waals surface area (Å²) in [5, 5.41) is 2.77. The van der Waals surface area contributed by atoms with E-state index >= 15 is 0 Å². The van der Waals surface area contributed by atoms with Gasteiger partial charge in [-0.2, -0.15) is 0 Å². The van der Waals surface area contributed by atoms with E-state index in [-0.39, 0.29) is 48.1 Å². The molecule has 2 aromatic rings. The van der Waals surface area contributed by atoms with E-state index in [1.165, 1.54) is 73.3 Å². The zero-order valence-corrected chi connectivity index (χ0v) is 36.2. The first-order chi connectivity index (χ1) is 29.0. The van der Waals surface area contributed by atoms with Gasteiger partial charge in [-0.15, -0.1) is 0 Å². The second-order valence-corrected chi connectivity index (χ2v) is 18.4. The molecule has 9 rings (SSSR count). The number of methoxy groups -OCH3 is 2. The Balaban J connectivity index is 0.968. The van der Waals surface area contributed by atoms with Gasteiger partial charge in [-0.05, 0) is 120 Å². The van der Waals surface area contributed by atoms with Crippen LogP contribution in [0.25, 0.3) is 22.3 Å². The number of likely N-dealkylation sites (tertiary alicyclic amines) is 2. The number of allylic oxidation sites excluding steroid dienone is 2. The van der Waals surface area contributed by atoms with Crippen LogP contribution in [0.2, 0.25) is 0 Å². The van der Waals surface area contributed by atoms with Gasteiger partial charge < -0.3 is 24.6 Å². The predicted octanol–water partition coefficient (Wildman–Crippen LogP) is 8.68. The summed E-state index contributed by atoms with van der Waals surface area (Å²) in [5.74, 6) is 0.219. The van der Waals surface area contributed by atoms with E-state index in [0.717, 1.165) is 54.7 Å². The first-order valence-electron chi connectivity index (χ1n) is 22.3. The van der Waals surface area contributed by atoms with Gasteiger partial charge in [0.25, 0.3) is 0 Å². The fourth-order valence-corrected chi connectivity index (χ4v) is 10.9. The molecule has 2 saturated heterocycles. The molecule has 1 N–H and O–H groups in total. The minimum atomic E-state index is -0.651. The number of hydrogen-bond donors (Lipinski definition) is 1. The summed E-state index contributed by atoms with van der Waals surface area (Å²) in [6.07, 6.45) is 13.4. The van der Waals surface area contributed by atoms with Gasteiger partial charge in [0.2, 0.25) is 11.8 Å². The highest BCUT2D eigenvalue weighted by Gasteiger charge is 2.42. The van der Waals surface area contributed by atoms with Crippen LogP contribution in [0.1, 0.15) is 132 Å². The van der Waals surface area contributed by atoms with Crippen LogP contribution >= 0.6 is 0 Å². The molecule has 11 nitrogen and oxygen atoms in total. The summed E-state index contributed by atoms with van der Waals surface area (Å²) in [4.78, 5) is 65.6. The van der Waals surface area contributed by atoms with Crippen molar-refractivity contribution in [3.05, 3.63) is 71.1 Å². The number of nitrogens with zero attached hydrogens (tertiary/aromatic N) is 4. The Labute approximate surface area is 354 Å². The highest BCUT2D eigenvalue weighted by atomic mass is 16.5. The lowest BCUT2D eigenvalue weighted by atomic mass is 9.63. The first kappa shape index (κ1) is 41.7. The average molecular weight is 816 g/mol. The number of esters is 1. The topological polar surface area (TPSA) is 130 Å². The number of aliphatic imine (C=N–C) groups is 2. The Hall–Kier alpha value is -5.06. The Morgan fingerprint density at radius 1 is 0.667 bits per heavy atom. The highest BCUT2D eigenvalue weighted by molar-refractivity contribution is 6.05. The summed E-state index contributed by atoms with van der Waals surface area (Å²) in [5.41, 5.74) is 12.5. The van der Waals surface area contributed by atoms with Gasteiger partial charge in [0.1, 0.15) is 6.04 Å². The number of carbonyl (C=O) groups is 4. The third kappa shape index (κ3) is 7.96. The van der Waals surface area contributed by atoms with E-state index in [1.807, 2.05) is 49.9 Å².